The zero-order valence-electron chi connectivity index (χ0n) is 16.7. The molecule has 0 saturated carbocycles. The van der Waals surface area contributed by atoms with Crippen molar-refractivity contribution in [3.05, 3.63) is 75.5 Å². The maximum atomic E-state index is 12.9. The normalized spacial score (nSPS) is 16.7. The SMILES string of the molecule is COc1ccc(N2C(=N)S/C(=C\c3ccc(-c4ccc5c(c4)C(=O)NC5=O)s3)C2=O)cc1. The van der Waals surface area contributed by atoms with Gasteiger partial charge in [-0.1, -0.05) is 6.07 Å². The number of nitrogens with zero attached hydrogens (tertiary/aromatic N) is 1. The largest absolute Gasteiger partial charge is 0.497 e. The van der Waals surface area contributed by atoms with Crippen LogP contribution in [0.4, 0.5) is 5.69 Å². The van der Waals surface area contributed by atoms with E-state index in [4.69, 9.17) is 10.1 Å². The Morgan fingerprint density at radius 2 is 1.72 bits per heavy atom. The predicted octanol–water partition coefficient (Wildman–Crippen LogP) is 4.36. The molecule has 0 atom stereocenters. The van der Waals surface area contributed by atoms with Crippen LogP contribution in [0.25, 0.3) is 16.5 Å². The van der Waals surface area contributed by atoms with Gasteiger partial charge in [0, 0.05) is 9.75 Å². The van der Waals surface area contributed by atoms with Gasteiger partial charge in [0.15, 0.2) is 5.17 Å². The van der Waals surface area contributed by atoms with Crippen LogP contribution >= 0.6 is 23.1 Å². The summed E-state index contributed by atoms with van der Waals surface area (Å²) in [4.78, 5) is 40.2. The van der Waals surface area contributed by atoms with Crippen LogP contribution in [0.3, 0.4) is 0 Å². The van der Waals surface area contributed by atoms with Crippen LogP contribution in [-0.2, 0) is 4.79 Å². The van der Waals surface area contributed by atoms with Crippen LogP contribution in [0.15, 0.2) is 59.5 Å². The monoisotopic (exact) mass is 461 g/mol. The lowest BCUT2D eigenvalue weighted by Gasteiger charge is -2.14. The number of nitrogens with one attached hydrogen (secondary N) is 2. The number of hydrogen-bond donors (Lipinski definition) is 2. The summed E-state index contributed by atoms with van der Waals surface area (Å²) in [5.41, 5.74) is 2.17. The fraction of sp³-hybridized carbons (Fsp3) is 0.0435. The minimum atomic E-state index is -0.393. The molecule has 5 rings (SSSR count). The Bertz CT molecular complexity index is 1340. The molecule has 2 aliphatic rings. The van der Waals surface area contributed by atoms with E-state index in [2.05, 4.69) is 5.32 Å². The second kappa shape index (κ2) is 7.77. The van der Waals surface area contributed by atoms with Gasteiger partial charge in [0.25, 0.3) is 17.7 Å². The number of rotatable bonds is 4. The number of carbonyl (C=O) groups is 3. The van der Waals surface area contributed by atoms with Gasteiger partial charge in [0.2, 0.25) is 0 Å². The van der Waals surface area contributed by atoms with E-state index in [0.29, 0.717) is 27.5 Å². The molecule has 32 heavy (non-hydrogen) atoms. The highest BCUT2D eigenvalue weighted by molar-refractivity contribution is 8.19. The average Bonchev–Trinajstić information content (AvgIpc) is 3.45. The molecule has 7 nitrogen and oxygen atoms in total. The van der Waals surface area contributed by atoms with E-state index < -0.39 is 5.91 Å². The minimum Gasteiger partial charge on any atom is -0.497 e. The molecule has 3 heterocycles. The Balaban J connectivity index is 1.40. The topological polar surface area (TPSA) is 99.6 Å². The highest BCUT2D eigenvalue weighted by atomic mass is 32.2. The summed E-state index contributed by atoms with van der Waals surface area (Å²) < 4.78 is 5.15. The molecule has 0 spiro atoms. The zero-order chi connectivity index (χ0) is 22.4. The van der Waals surface area contributed by atoms with E-state index >= 15 is 0 Å². The Kier molecular flexibility index (Phi) is 4.91. The summed E-state index contributed by atoms with van der Waals surface area (Å²) in [5.74, 6) is -0.354. The molecule has 1 aromatic heterocycles. The maximum Gasteiger partial charge on any atom is 0.271 e. The Labute approximate surface area is 191 Å². The van der Waals surface area contributed by atoms with E-state index in [1.807, 2.05) is 12.1 Å². The summed E-state index contributed by atoms with van der Waals surface area (Å²) in [6.45, 7) is 0. The zero-order valence-corrected chi connectivity index (χ0v) is 18.3. The lowest BCUT2D eigenvalue weighted by molar-refractivity contribution is -0.113. The first-order valence-electron chi connectivity index (χ1n) is 9.51. The number of methoxy groups -OCH3 is 1. The van der Waals surface area contributed by atoms with Crippen molar-refractivity contribution >= 4 is 57.8 Å². The molecular formula is C23H15N3O4S2. The molecule has 2 N–H and O–H groups in total. The van der Waals surface area contributed by atoms with Crippen molar-refractivity contribution in [2.75, 3.05) is 12.0 Å². The van der Waals surface area contributed by atoms with Crippen molar-refractivity contribution in [3.8, 4) is 16.2 Å². The molecule has 2 aliphatic heterocycles. The van der Waals surface area contributed by atoms with Gasteiger partial charge in [-0.3, -0.25) is 30.0 Å². The van der Waals surface area contributed by atoms with Gasteiger partial charge in [-0.05, 0) is 71.9 Å². The average molecular weight is 462 g/mol. The van der Waals surface area contributed by atoms with Crippen LogP contribution in [0.5, 0.6) is 5.75 Å². The molecule has 158 valence electrons. The molecule has 0 unspecified atom stereocenters. The highest BCUT2D eigenvalue weighted by Crippen LogP contribution is 2.38. The van der Waals surface area contributed by atoms with Crippen molar-refractivity contribution < 1.29 is 19.1 Å². The molecule has 3 amide bonds. The Morgan fingerprint density at radius 1 is 0.969 bits per heavy atom. The Hall–Kier alpha value is -3.69. The fourth-order valence-electron chi connectivity index (χ4n) is 3.49. The number of amides is 3. The van der Waals surface area contributed by atoms with E-state index in [9.17, 15) is 14.4 Å². The van der Waals surface area contributed by atoms with Crippen molar-refractivity contribution in [2.24, 2.45) is 0 Å². The maximum absolute atomic E-state index is 12.9. The van der Waals surface area contributed by atoms with Gasteiger partial charge in [0.05, 0.1) is 28.8 Å². The van der Waals surface area contributed by atoms with Gasteiger partial charge >= 0.3 is 0 Å². The first kappa shape index (κ1) is 20.2. The third-order valence-corrected chi connectivity index (χ3v) is 7.04. The molecule has 3 aromatic rings. The lowest BCUT2D eigenvalue weighted by Crippen LogP contribution is -2.27. The van der Waals surface area contributed by atoms with E-state index in [1.165, 1.54) is 16.2 Å². The summed E-state index contributed by atoms with van der Waals surface area (Å²) in [6, 6.07) is 15.9. The van der Waals surface area contributed by atoms with Crippen LogP contribution in [0.1, 0.15) is 25.6 Å². The molecule has 2 aromatic carbocycles. The van der Waals surface area contributed by atoms with Crippen molar-refractivity contribution in [1.29, 1.82) is 5.41 Å². The Morgan fingerprint density at radius 3 is 2.47 bits per heavy atom. The number of hydrogen-bond acceptors (Lipinski definition) is 7. The second-order valence-corrected chi connectivity index (χ2v) is 9.15. The standard InChI is InChI=1S/C23H15N3O4S2/c1-30-14-5-3-13(4-6-14)26-22(29)19(32-23(26)24)11-15-7-9-18(31-15)12-2-8-16-17(10-12)21(28)25-20(16)27/h2-11,24H,1H3,(H,25,27,28)/b19-11-,24-23?. The van der Waals surface area contributed by atoms with Gasteiger partial charge in [-0.15, -0.1) is 11.3 Å². The van der Waals surface area contributed by atoms with E-state index in [-0.39, 0.29) is 17.0 Å². The molecule has 0 bridgehead atoms. The van der Waals surface area contributed by atoms with E-state index in [0.717, 1.165) is 27.1 Å². The molecule has 1 saturated heterocycles. The molecule has 0 radical (unpaired) electrons. The summed E-state index contributed by atoms with van der Waals surface area (Å²) >= 11 is 2.57. The summed E-state index contributed by atoms with van der Waals surface area (Å²) in [6.07, 6.45) is 1.77. The first-order valence-corrected chi connectivity index (χ1v) is 11.1. The van der Waals surface area contributed by atoms with Gasteiger partial charge in [-0.2, -0.15) is 0 Å². The predicted molar refractivity (Wildman–Crippen MR) is 125 cm³/mol. The number of thiophene rings is 1. The molecule has 9 heteroatoms. The van der Waals surface area contributed by atoms with Crippen LogP contribution in [0, 0.1) is 5.41 Å². The number of benzene rings is 2. The third-order valence-electron chi connectivity index (χ3n) is 5.07. The fourth-order valence-corrected chi connectivity index (χ4v) is 5.36. The number of ether oxygens (including phenoxy) is 1. The summed E-state index contributed by atoms with van der Waals surface area (Å²) in [5, 5.41) is 10.7. The number of fused-ring (bicyclic) bond motifs is 1. The number of thioether (sulfide) groups is 1. The third kappa shape index (κ3) is 3.41. The molecule has 1 fully saturated rings. The van der Waals surface area contributed by atoms with Crippen molar-refractivity contribution in [1.82, 2.24) is 5.32 Å². The van der Waals surface area contributed by atoms with Crippen molar-refractivity contribution in [3.63, 3.8) is 0 Å². The number of imide groups is 1. The van der Waals surface area contributed by atoms with Crippen LogP contribution in [-0.4, -0.2) is 30.0 Å². The van der Waals surface area contributed by atoms with Gasteiger partial charge < -0.3 is 4.74 Å². The lowest BCUT2D eigenvalue weighted by atomic mass is 10.0. The summed E-state index contributed by atoms with van der Waals surface area (Å²) in [7, 11) is 1.57. The molecular weight excluding hydrogens is 446 g/mol. The first-order chi connectivity index (χ1) is 15.4. The van der Waals surface area contributed by atoms with Gasteiger partial charge in [-0.25, -0.2) is 0 Å². The van der Waals surface area contributed by atoms with Gasteiger partial charge in [0.1, 0.15) is 5.75 Å². The molecule has 0 aliphatic carbocycles. The smallest absolute Gasteiger partial charge is 0.271 e. The minimum absolute atomic E-state index is 0.137. The van der Waals surface area contributed by atoms with Crippen LogP contribution in [0.2, 0.25) is 0 Å². The number of anilines is 1. The number of amidine groups is 1. The van der Waals surface area contributed by atoms with Crippen LogP contribution < -0.4 is 15.0 Å². The number of carbonyl (C=O) groups excluding carboxylic acids is 3. The second-order valence-electron chi connectivity index (χ2n) is 7.00. The van der Waals surface area contributed by atoms with E-state index in [1.54, 1.807) is 55.7 Å². The quantitative estimate of drug-likeness (QED) is 0.444. The highest BCUT2D eigenvalue weighted by Gasteiger charge is 2.33. The van der Waals surface area contributed by atoms with Crippen molar-refractivity contribution in [2.45, 2.75) is 0 Å².